The molecule has 0 aliphatic carbocycles. The number of hydrogen-bond acceptors (Lipinski definition) is 5. The molecule has 1 aromatic carbocycles. The third kappa shape index (κ3) is 2.44. The molecule has 1 aliphatic heterocycles. The van der Waals surface area contributed by atoms with Gasteiger partial charge in [-0.2, -0.15) is 0 Å². The molecule has 0 aromatic heterocycles. The van der Waals surface area contributed by atoms with Crippen molar-refractivity contribution in [2.45, 2.75) is 45.5 Å². The van der Waals surface area contributed by atoms with E-state index in [0.29, 0.717) is 5.46 Å². The van der Waals surface area contributed by atoms with Crippen molar-refractivity contribution in [3.05, 3.63) is 33.9 Å². The summed E-state index contributed by atoms with van der Waals surface area (Å²) in [4.78, 5) is 10.3. The van der Waals surface area contributed by atoms with Crippen molar-refractivity contribution >= 4 is 18.3 Å². The number of nitrogens with zero attached hydrogens (tertiary/aromatic N) is 1. The van der Waals surface area contributed by atoms with E-state index in [1.54, 1.807) is 12.1 Å². The number of benzene rings is 1. The van der Waals surface area contributed by atoms with Gasteiger partial charge in [-0.1, -0.05) is 12.1 Å². The quantitative estimate of drug-likeness (QED) is 0.513. The van der Waals surface area contributed by atoms with Crippen LogP contribution in [0, 0.1) is 10.1 Å². The SMILES string of the molecule is CC1(C)OB(c2ccc([N+](=O)[O-])c(CO)c2)OC1(C)C. The Bertz CT molecular complexity index is 528. The lowest BCUT2D eigenvalue weighted by Crippen LogP contribution is -2.41. The van der Waals surface area contributed by atoms with Crippen LogP contribution in [0.15, 0.2) is 18.2 Å². The fraction of sp³-hybridized carbons (Fsp3) is 0.538. The van der Waals surface area contributed by atoms with Crippen LogP contribution >= 0.6 is 0 Å². The van der Waals surface area contributed by atoms with Crippen molar-refractivity contribution < 1.29 is 19.3 Å². The zero-order valence-corrected chi connectivity index (χ0v) is 12.0. The van der Waals surface area contributed by atoms with Crippen LogP contribution in [0.2, 0.25) is 0 Å². The molecule has 7 heteroatoms. The second kappa shape index (κ2) is 4.84. The smallest absolute Gasteiger partial charge is 0.399 e. The average molecular weight is 279 g/mol. The lowest BCUT2D eigenvalue weighted by Gasteiger charge is -2.32. The fourth-order valence-corrected chi connectivity index (χ4v) is 2.04. The number of nitro groups is 1. The molecule has 1 heterocycles. The maximum atomic E-state index is 10.9. The van der Waals surface area contributed by atoms with Crippen LogP contribution < -0.4 is 5.46 Å². The molecule has 1 aliphatic rings. The summed E-state index contributed by atoms with van der Waals surface area (Å²) in [6, 6.07) is 4.52. The Hall–Kier alpha value is -1.44. The second-order valence-corrected chi connectivity index (χ2v) is 5.89. The number of aliphatic hydroxyl groups excluding tert-OH is 1. The van der Waals surface area contributed by atoms with Gasteiger partial charge in [0.05, 0.1) is 28.3 Å². The Kier molecular flexibility index (Phi) is 3.62. The van der Waals surface area contributed by atoms with Gasteiger partial charge < -0.3 is 14.4 Å². The zero-order chi connectivity index (χ0) is 15.1. The van der Waals surface area contributed by atoms with E-state index in [1.807, 2.05) is 27.7 Å². The largest absolute Gasteiger partial charge is 0.494 e. The predicted molar refractivity (Wildman–Crippen MR) is 74.7 cm³/mol. The molecular weight excluding hydrogens is 261 g/mol. The van der Waals surface area contributed by atoms with E-state index in [0.717, 1.165) is 0 Å². The summed E-state index contributed by atoms with van der Waals surface area (Å²) in [5.41, 5.74) is -0.134. The van der Waals surface area contributed by atoms with Gasteiger partial charge in [0.25, 0.3) is 5.69 Å². The highest BCUT2D eigenvalue weighted by Crippen LogP contribution is 2.36. The van der Waals surface area contributed by atoms with E-state index in [2.05, 4.69) is 0 Å². The number of nitro benzene ring substituents is 1. The van der Waals surface area contributed by atoms with Crippen LogP contribution in [-0.4, -0.2) is 28.4 Å². The maximum absolute atomic E-state index is 10.9. The molecule has 0 spiro atoms. The highest BCUT2D eigenvalue weighted by Gasteiger charge is 2.51. The van der Waals surface area contributed by atoms with Crippen molar-refractivity contribution in [3.8, 4) is 0 Å². The lowest BCUT2D eigenvalue weighted by molar-refractivity contribution is -0.385. The minimum Gasteiger partial charge on any atom is -0.399 e. The van der Waals surface area contributed by atoms with E-state index in [9.17, 15) is 15.2 Å². The Balaban J connectivity index is 2.34. The predicted octanol–water partition coefficient (Wildman–Crippen LogP) is 1.39. The van der Waals surface area contributed by atoms with Crippen molar-refractivity contribution in [3.63, 3.8) is 0 Å². The zero-order valence-electron chi connectivity index (χ0n) is 12.0. The van der Waals surface area contributed by atoms with Gasteiger partial charge in [0, 0.05) is 6.07 Å². The highest BCUT2D eigenvalue weighted by atomic mass is 16.7. The standard InChI is InChI=1S/C13H18BNO5/c1-12(2)13(3,4)20-14(19-12)10-5-6-11(15(17)18)9(7-10)8-16/h5-7,16H,8H2,1-4H3. The van der Waals surface area contributed by atoms with Gasteiger partial charge in [-0.05, 0) is 33.2 Å². The van der Waals surface area contributed by atoms with Crippen molar-refractivity contribution in [2.24, 2.45) is 0 Å². The first-order chi connectivity index (χ1) is 9.18. The topological polar surface area (TPSA) is 81.8 Å². The Morgan fingerprint density at radius 2 is 1.80 bits per heavy atom. The normalized spacial score (nSPS) is 20.1. The van der Waals surface area contributed by atoms with Gasteiger partial charge in [-0.3, -0.25) is 10.1 Å². The van der Waals surface area contributed by atoms with Gasteiger partial charge >= 0.3 is 7.12 Å². The summed E-state index contributed by atoms with van der Waals surface area (Å²) in [5, 5.41) is 20.1. The summed E-state index contributed by atoms with van der Waals surface area (Å²) in [5.74, 6) is 0. The third-order valence-corrected chi connectivity index (χ3v) is 4.00. The molecule has 108 valence electrons. The summed E-state index contributed by atoms with van der Waals surface area (Å²) in [6.07, 6.45) is 0. The van der Waals surface area contributed by atoms with Crippen molar-refractivity contribution in [1.29, 1.82) is 0 Å². The fourth-order valence-electron chi connectivity index (χ4n) is 2.04. The first-order valence-electron chi connectivity index (χ1n) is 6.41. The molecule has 1 saturated heterocycles. The highest BCUT2D eigenvalue weighted by molar-refractivity contribution is 6.62. The van der Waals surface area contributed by atoms with Crippen LogP contribution in [-0.2, 0) is 15.9 Å². The summed E-state index contributed by atoms with van der Waals surface area (Å²) >= 11 is 0. The summed E-state index contributed by atoms with van der Waals surface area (Å²) in [6.45, 7) is 7.34. The first kappa shape index (κ1) is 15.0. The molecule has 0 atom stereocenters. The van der Waals surface area contributed by atoms with Gasteiger partial charge in [-0.25, -0.2) is 0 Å². The lowest BCUT2D eigenvalue weighted by atomic mass is 9.78. The molecule has 0 bridgehead atoms. The minimum atomic E-state index is -0.592. The minimum absolute atomic E-state index is 0.104. The molecule has 20 heavy (non-hydrogen) atoms. The number of rotatable bonds is 3. The Labute approximate surface area is 118 Å². The van der Waals surface area contributed by atoms with Crippen molar-refractivity contribution in [1.82, 2.24) is 0 Å². The molecule has 1 N–H and O–H groups in total. The van der Waals surface area contributed by atoms with E-state index in [4.69, 9.17) is 9.31 Å². The monoisotopic (exact) mass is 279 g/mol. The molecule has 6 nitrogen and oxygen atoms in total. The van der Waals surface area contributed by atoms with Crippen LogP contribution in [0.3, 0.4) is 0 Å². The van der Waals surface area contributed by atoms with Crippen LogP contribution in [0.1, 0.15) is 33.3 Å². The average Bonchev–Trinajstić information content (AvgIpc) is 2.57. The number of aliphatic hydroxyl groups is 1. The van der Waals surface area contributed by atoms with Gasteiger partial charge in [0.15, 0.2) is 0 Å². The van der Waals surface area contributed by atoms with E-state index in [1.165, 1.54) is 6.07 Å². The first-order valence-corrected chi connectivity index (χ1v) is 6.41. The molecule has 0 unspecified atom stereocenters. The van der Waals surface area contributed by atoms with Crippen LogP contribution in [0.25, 0.3) is 0 Å². The van der Waals surface area contributed by atoms with E-state index >= 15 is 0 Å². The molecule has 0 amide bonds. The molecule has 0 saturated carbocycles. The van der Waals surface area contributed by atoms with Gasteiger partial charge in [0.1, 0.15) is 0 Å². The number of hydrogen-bond donors (Lipinski definition) is 1. The molecular formula is C13H18BNO5. The second-order valence-electron chi connectivity index (χ2n) is 5.89. The van der Waals surface area contributed by atoms with Gasteiger partial charge in [0.2, 0.25) is 0 Å². The van der Waals surface area contributed by atoms with Crippen LogP contribution in [0.4, 0.5) is 5.69 Å². The summed E-state index contributed by atoms with van der Waals surface area (Å²) < 4.78 is 11.8. The molecule has 2 rings (SSSR count). The Morgan fingerprint density at radius 1 is 1.25 bits per heavy atom. The Morgan fingerprint density at radius 3 is 2.25 bits per heavy atom. The van der Waals surface area contributed by atoms with Crippen molar-refractivity contribution in [2.75, 3.05) is 0 Å². The molecule has 1 fully saturated rings. The maximum Gasteiger partial charge on any atom is 0.494 e. The van der Waals surface area contributed by atoms with Gasteiger partial charge in [-0.15, -0.1) is 0 Å². The van der Waals surface area contributed by atoms with E-state index < -0.39 is 29.9 Å². The summed E-state index contributed by atoms with van der Waals surface area (Å²) in [7, 11) is -0.592. The molecule has 1 aromatic rings. The van der Waals surface area contributed by atoms with Crippen LogP contribution in [0.5, 0.6) is 0 Å². The molecule has 0 radical (unpaired) electrons. The van der Waals surface area contributed by atoms with E-state index in [-0.39, 0.29) is 11.3 Å². The third-order valence-electron chi connectivity index (χ3n) is 4.00.